The minimum absolute atomic E-state index is 0.547. The normalized spacial score (nSPS) is 10.4. The third-order valence-electron chi connectivity index (χ3n) is 3.11. The van der Waals surface area contributed by atoms with E-state index in [1.807, 2.05) is 13.8 Å². The topological polar surface area (TPSA) is 49.9 Å². The number of nitrogens with one attached hydrogen (secondary N) is 1. The minimum atomic E-state index is 0.547. The van der Waals surface area contributed by atoms with Crippen molar-refractivity contribution >= 4 is 11.4 Å². The first-order valence-electron chi connectivity index (χ1n) is 4.79. The van der Waals surface area contributed by atoms with Gasteiger partial charge in [0, 0.05) is 17.0 Å². The van der Waals surface area contributed by atoms with E-state index >= 15 is 0 Å². The molecular weight excluding hydrogens is 172 g/mol. The highest BCUT2D eigenvalue weighted by Crippen LogP contribution is 2.28. The van der Waals surface area contributed by atoms with Gasteiger partial charge in [-0.2, -0.15) is 0 Å². The highest BCUT2D eigenvalue weighted by Gasteiger charge is 2.13. The van der Waals surface area contributed by atoms with Crippen LogP contribution in [0.3, 0.4) is 0 Å². The summed E-state index contributed by atoms with van der Waals surface area (Å²) in [6.07, 6.45) is 0. The van der Waals surface area contributed by atoms with Gasteiger partial charge in [-0.1, -0.05) is 0 Å². The number of nitrogens with two attached hydrogens (primary N) is 1. The molecule has 1 rings (SSSR count). The summed E-state index contributed by atoms with van der Waals surface area (Å²) in [5, 5.41) is 7.70. The lowest BCUT2D eigenvalue weighted by atomic mass is 9.90. The number of anilines is 1. The van der Waals surface area contributed by atoms with Gasteiger partial charge >= 0.3 is 0 Å². The van der Waals surface area contributed by atoms with Crippen LogP contribution < -0.4 is 5.73 Å². The molecule has 0 heterocycles. The Morgan fingerprint density at radius 1 is 0.929 bits per heavy atom. The molecule has 1 aromatic rings. The molecule has 0 unspecified atom stereocenters. The average molecular weight is 190 g/mol. The molecule has 0 saturated carbocycles. The van der Waals surface area contributed by atoms with Crippen LogP contribution in [0.5, 0.6) is 0 Å². The van der Waals surface area contributed by atoms with Crippen LogP contribution >= 0.6 is 0 Å². The van der Waals surface area contributed by atoms with E-state index in [9.17, 15) is 0 Å². The Bertz CT molecular complexity index is 374. The number of hydrogen-bond donors (Lipinski definition) is 2. The largest absolute Gasteiger partial charge is 0.398 e. The van der Waals surface area contributed by atoms with Crippen LogP contribution in [0.2, 0.25) is 0 Å². The van der Waals surface area contributed by atoms with E-state index in [-0.39, 0.29) is 0 Å². The quantitative estimate of drug-likeness (QED) is 0.519. The number of benzene rings is 1. The molecule has 2 heteroatoms. The van der Waals surface area contributed by atoms with Gasteiger partial charge in [-0.25, -0.2) is 0 Å². The zero-order valence-electron chi connectivity index (χ0n) is 9.58. The Morgan fingerprint density at radius 2 is 1.36 bits per heavy atom. The van der Waals surface area contributed by atoms with Crippen molar-refractivity contribution in [1.82, 2.24) is 0 Å². The van der Waals surface area contributed by atoms with Gasteiger partial charge in [0.15, 0.2) is 0 Å². The van der Waals surface area contributed by atoms with Crippen LogP contribution in [0.4, 0.5) is 5.69 Å². The Morgan fingerprint density at radius 3 is 1.79 bits per heavy atom. The molecule has 0 aliphatic rings. The molecule has 3 N–H and O–H groups in total. The lowest BCUT2D eigenvalue weighted by Gasteiger charge is -2.17. The molecule has 0 bridgehead atoms. The predicted octanol–water partition coefficient (Wildman–Crippen LogP) is 2.89. The second-order valence-corrected chi connectivity index (χ2v) is 3.91. The van der Waals surface area contributed by atoms with Gasteiger partial charge in [0.05, 0.1) is 0 Å². The third kappa shape index (κ3) is 1.41. The van der Waals surface area contributed by atoms with Crippen molar-refractivity contribution in [1.29, 1.82) is 5.41 Å². The molecule has 76 valence electrons. The van der Waals surface area contributed by atoms with Crippen molar-refractivity contribution < 1.29 is 0 Å². The standard InChI is InChI=1S/C12H18N2/c1-6-7(2)9(4)12(14)11(8(6)3)10(5)13/h13H,14H2,1-5H3. The Labute approximate surface area is 85.6 Å². The van der Waals surface area contributed by atoms with Crippen molar-refractivity contribution in [2.24, 2.45) is 0 Å². The Hall–Kier alpha value is -1.31. The van der Waals surface area contributed by atoms with Gasteiger partial charge in [-0.15, -0.1) is 0 Å². The van der Waals surface area contributed by atoms with Gasteiger partial charge in [0.25, 0.3) is 0 Å². The molecule has 0 aromatic heterocycles. The highest BCUT2D eigenvalue weighted by molar-refractivity contribution is 6.03. The van der Waals surface area contributed by atoms with Crippen molar-refractivity contribution in [3.8, 4) is 0 Å². The van der Waals surface area contributed by atoms with Crippen molar-refractivity contribution in [2.45, 2.75) is 34.6 Å². The van der Waals surface area contributed by atoms with Crippen molar-refractivity contribution in [3.63, 3.8) is 0 Å². The van der Waals surface area contributed by atoms with Gasteiger partial charge < -0.3 is 11.1 Å². The fraction of sp³-hybridized carbons (Fsp3) is 0.417. The summed E-state index contributed by atoms with van der Waals surface area (Å²) in [4.78, 5) is 0. The Kier molecular flexibility index (Phi) is 2.65. The molecule has 0 radical (unpaired) electrons. The summed E-state index contributed by atoms with van der Waals surface area (Å²) in [5.74, 6) is 0. The second kappa shape index (κ2) is 3.45. The average Bonchev–Trinajstić information content (AvgIpc) is 2.11. The zero-order valence-corrected chi connectivity index (χ0v) is 9.58. The zero-order chi connectivity index (χ0) is 11.0. The number of rotatable bonds is 1. The van der Waals surface area contributed by atoms with Crippen LogP contribution in [-0.2, 0) is 0 Å². The molecule has 0 amide bonds. The lowest BCUT2D eigenvalue weighted by Crippen LogP contribution is -2.08. The third-order valence-corrected chi connectivity index (χ3v) is 3.11. The maximum Gasteiger partial charge on any atom is 0.0441 e. The maximum atomic E-state index is 7.70. The minimum Gasteiger partial charge on any atom is -0.398 e. The van der Waals surface area contributed by atoms with Crippen LogP contribution in [0, 0.1) is 33.1 Å². The molecule has 0 fully saturated rings. The van der Waals surface area contributed by atoms with Crippen LogP contribution in [0.1, 0.15) is 34.7 Å². The van der Waals surface area contributed by atoms with E-state index in [0.29, 0.717) is 5.71 Å². The van der Waals surface area contributed by atoms with E-state index < -0.39 is 0 Å². The molecule has 14 heavy (non-hydrogen) atoms. The summed E-state index contributed by atoms with van der Waals surface area (Å²) < 4.78 is 0. The Balaban J connectivity index is 3.68. The monoisotopic (exact) mass is 190 g/mol. The van der Waals surface area contributed by atoms with E-state index in [1.54, 1.807) is 6.92 Å². The summed E-state index contributed by atoms with van der Waals surface area (Å²) in [7, 11) is 0. The lowest BCUT2D eigenvalue weighted by molar-refractivity contribution is 1.21. The fourth-order valence-electron chi connectivity index (χ4n) is 1.82. The van der Waals surface area contributed by atoms with Crippen molar-refractivity contribution in [3.05, 3.63) is 27.8 Å². The molecule has 1 aromatic carbocycles. The summed E-state index contributed by atoms with van der Waals surface area (Å²) in [6, 6.07) is 0. The van der Waals surface area contributed by atoms with Crippen LogP contribution in [-0.4, -0.2) is 5.71 Å². The van der Waals surface area contributed by atoms with E-state index in [4.69, 9.17) is 11.1 Å². The molecule has 0 spiro atoms. The highest BCUT2D eigenvalue weighted by atomic mass is 14.6. The summed E-state index contributed by atoms with van der Waals surface area (Å²) >= 11 is 0. The first-order chi connectivity index (χ1) is 6.37. The fourth-order valence-corrected chi connectivity index (χ4v) is 1.82. The predicted molar refractivity (Wildman–Crippen MR) is 62.3 cm³/mol. The van der Waals surface area contributed by atoms with Gasteiger partial charge in [-0.05, 0) is 56.9 Å². The molecule has 0 atom stereocenters. The molecular formula is C12H18N2. The first kappa shape index (κ1) is 10.8. The van der Waals surface area contributed by atoms with Crippen molar-refractivity contribution in [2.75, 3.05) is 5.73 Å². The van der Waals surface area contributed by atoms with E-state index in [2.05, 4.69) is 13.8 Å². The summed E-state index contributed by atoms with van der Waals surface area (Å²) in [5.41, 5.74) is 13.0. The smallest absolute Gasteiger partial charge is 0.0441 e. The second-order valence-electron chi connectivity index (χ2n) is 3.91. The molecule has 0 aliphatic heterocycles. The van der Waals surface area contributed by atoms with Gasteiger partial charge in [0.2, 0.25) is 0 Å². The maximum absolute atomic E-state index is 7.70. The molecule has 2 nitrogen and oxygen atoms in total. The van der Waals surface area contributed by atoms with E-state index in [1.165, 1.54) is 11.1 Å². The van der Waals surface area contributed by atoms with Crippen LogP contribution in [0.15, 0.2) is 0 Å². The SMILES string of the molecule is CC(=N)c1c(C)c(C)c(C)c(C)c1N. The number of nitrogen functional groups attached to an aromatic ring is 1. The number of hydrogen-bond acceptors (Lipinski definition) is 2. The first-order valence-corrected chi connectivity index (χ1v) is 4.79. The van der Waals surface area contributed by atoms with E-state index in [0.717, 1.165) is 22.4 Å². The molecule has 0 aliphatic carbocycles. The summed E-state index contributed by atoms with van der Waals surface area (Å²) in [6.45, 7) is 10.0. The van der Waals surface area contributed by atoms with Gasteiger partial charge in [0.1, 0.15) is 0 Å². The van der Waals surface area contributed by atoms with Gasteiger partial charge in [-0.3, -0.25) is 0 Å². The van der Waals surface area contributed by atoms with Crippen LogP contribution in [0.25, 0.3) is 0 Å². The molecule has 0 saturated heterocycles.